The summed E-state index contributed by atoms with van der Waals surface area (Å²) in [6, 6.07) is 24.5. The minimum Gasteiger partial charge on any atom is -0.493 e. The van der Waals surface area contributed by atoms with Crippen LogP contribution in [0.25, 0.3) is 22.9 Å². The van der Waals surface area contributed by atoms with E-state index in [-0.39, 0.29) is 12.5 Å². The van der Waals surface area contributed by atoms with Crippen LogP contribution in [-0.2, 0) is 4.79 Å². The van der Waals surface area contributed by atoms with Gasteiger partial charge < -0.3 is 14.8 Å². The summed E-state index contributed by atoms with van der Waals surface area (Å²) in [5, 5.41) is 15.1. The smallest absolute Gasteiger partial charge is 0.262 e. The van der Waals surface area contributed by atoms with Crippen molar-refractivity contribution in [2.45, 2.75) is 0 Å². The number of aromatic nitrogens is 1. The quantitative estimate of drug-likeness (QED) is 0.250. The number of benzene rings is 3. The van der Waals surface area contributed by atoms with Crippen LogP contribution in [0.5, 0.6) is 11.5 Å². The minimum atomic E-state index is -0.278. The van der Waals surface area contributed by atoms with Crippen molar-refractivity contribution < 1.29 is 14.3 Å². The van der Waals surface area contributed by atoms with Crippen LogP contribution in [0.3, 0.4) is 0 Å². The molecular formula is C27H20BrN3O3S. The summed E-state index contributed by atoms with van der Waals surface area (Å²) in [5.41, 5.74) is 3.68. The molecule has 0 atom stereocenters. The molecule has 174 valence electrons. The second-order valence-corrected chi connectivity index (χ2v) is 9.10. The van der Waals surface area contributed by atoms with E-state index in [0.717, 1.165) is 21.3 Å². The number of anilines is 1. The molecule has 0 aliphatic carbocycles. The van der Waals surface area contributed by atoms with Gasteiger partial charge in [0.05, 0.1) is 18.4 Å². The average Bonchev–Trinajstić information content (AvgIpc) is 3.37. The summed E-state index contributed by atoms with van der Waals surface area (Å²) in [6.45, 7) is -0.165. The fraction of sp³-hybridized carbons (Fsp3) is 0.0741. The summed E-state index contributed by atoms with van der Waals surface area (Å²) >= 11 is 4.84. The van der Waals surface area contributed by atoms with E-state index in [2.05, 4.69) is 32.3 Å². The lowest BCUT2D eigenvalue weighted by Crippen LogP contribution is -2.20. The van der Waals surface area contributed by atoms with E-state index in [1.54, 1.807) is 36.4 Å². The second kappa shape index (κ2) is 11.5. The number of rotatable bonds is 8. The number of amides is 1. The van der Waals surface area contributed by atoms with Gasteiger partial charge in [0.1, 0.15) is 11.1 Å². The van der Waals surface area contributed by atoms with E-state index in [1.807, 2.05) is 47.8 Å². The minimum absolute atomic E-state index is 0.165. The maximum atomic E-state index is 12.2. The molecule has 0 fully saturated rings. The first-order valence-corrected chi connectivity index (χ1v) is 12.2. The summed E-state index contributed by atoms with van der Waals surface area (Å²) in [5.74, 6) is 0.607. The summed E-state index contributed by atoms with van der Waals surface area (Å²) in [4.78, 5) is 16.8. The number of thiazole rings is 1. The topological polar surface area (TPSA) is 84.2 Å². The Hall–Kier alpha value is -3.93. The van der Waals surface area contributed by atoms with Gasteiger partial charge in [-0.1, -0.05) is 52.3 Å². The third kappa shape index (κ3) is 6.35. The van der Waals surface area contributed by atoms with Crippen LogP contribution >= 0.6 is 27.3 Å². The van der Waals surface area contributed by atoms with Gasteiger partial charge in [0.2, 0.25) is 0 Å². The van der Waals surface area contributed by atoms with Gasteiger partial charge in [-0.15, -0.1) is 11.3 Å². The number of nitrogens with zero attached hydrogens (tertiary/aromatic N) is 2. The Balaban J connectivity index is 1.47. The largest absolute Gasteiger partial charge is 0.493 e. The van der Waals surface area contributed by atoms with Crippen molar-refractivity contribution in [2.24, 2.45) is 0 Å². The van der Waals surface area contributed by atoms with Gasteiger partial charge in [0.15, 0.2) is 18.1 Å². The molecule has 4 rings (SSSR count). The number of carbonyl (C=O) groups is 1. The number of ether oxygens (including phenoxy) is 2. The van der Waals surface area contributed by atoms with Gasteiger partial charge in [-0.05, 0) is 48.0 Å². The van der Waals surface area contributed by atoms with Gasteiger partial charge in [-0.2, -0.15) is 5.26 Å². The number of hydrogen-bond acceptors (Lipinski definition) is 6. The Kier molecular flexibility index (Phi) is 7.93. The van der Waals surface area contributed by atoms with Gasteiger partial charge >= 0.3 is 0 Å². The molecule has 0 unspecified atom stereocenters. The number of para-hydroxylation sites is 1. The summed E-state index contributed by atoms with van der Waals surface area (Å²) in [7, 11) is 1.52. The molecule has 0 saturated carbocycles. The molecule has 0 spiro atoms. The number of halogens is 1. The Morgan fingerprint density at radius 2 is 1.89 bits per heavy atom. The average molecular weight is 546 g/mol. The molecule has 6 nitrogen and oxygen atoms in total. The van der Waals surface area contributed by atoms with E-state index in [9.17, 15) is 10.1 Å². The third-order valence-corrected chi connectivity index (χ3v) is 6.31. The SMILES string of the molecule is COc1cc(/C=C(\C#N)c2nc(-c3ccc(Br)cc3)cs2)ccc1OCC(=O)Nc1ccccc1. The highest BCUT2D eigenvalue weighted by atomic mass is 79.9. The first-order valence-electron chi connectivity index (χ1n) is 10.5. The molecule has 0 saturated heterocycles. The van der Waals surface area contributed by atoms with Crippen molar-refractivity contribution in [3.8, 4) is 28.8 Å². The van der Waals surface area contributed by atoms with Crippen molar-refractivity contribution in [1.29, 1.82) is 5.26 Å². The van der Waals surface area contributed by atoms with Gasteiger partial charge in [-0.3, -0.25) is 4.79 Å². The Morgan fingerprint density at radius 1 is 1.11 bits per heavy atom. The van der Waals surface area contributed by atoms with E-state index < -0.39 is 0 Å². The van der Waals surface area contributed by atoms with Crippen molar-refractivity contribution in [3.63, 3.8) is 0 Å². The molecule has 1 amide bonds. The Bertz CT molecular complexity index is 1390. The zero-order valence-corrected chi connectivity index (χ0v) is 21.1. The zero-order valence-electron chi connectivity index (χ0n) is 18.7. The molecule has 35 heavy (non-hydrogen) atoms. The maximum Gasteiger partial charge on any atom is 0.262 e. The molecule has 0 aliphatic heterocycles. The van der Waals surface area contributed by atoms with Crippen LogP contribution in [0.4, 0.5) is 5.69 Å². The normalized spacial score (nSPS) is 10.9. The lowest BCUT2D eigenvalue weighted by atomic mass is 10.1. The van der Waals surface area contributed by atoms with Gasteiger partial charge in [0, 0.05) is 21.1 Å². The van der Waals surface area contributed by atoms with Crippen LogP contribution in [0.1, 0.15) is 10.6 Å². The van der Waals surface area contributed by atoms with Crippen LogP contribution in [0.2, 0.25) is 0 Å². The first-order chi connectivity index (χ1) is 17.1. The van der Waals surface area contributed by atoms with Crippen molar-refractivity contribution in [1.82, 2.24) is 4.98 Å². The molecule has 0 radical (unpaired) electrons. The first kappa shape index (κ1) is 24.2. The highest BCUT2D eigenvalue weighted by Gasteiger charge is 2.12. The van der Waals surface area contributed by atoms with E-state index in [4.69, 9.17) is 9.47 Å². The number of hydrogen-bond donors (Lipinski definition) is 1. The predicted molar refractivity (Wildman–Crippen MR) is 142 cm³/mol. The zero-order chi connectivity index (χ0) is 24.6. The number of methoxy groups -OCH3 is 1. The number of nitrogens with one attached hydrogen (secondary N) is 1. The number of allylic oxidation sites excluding steroid dienone is 1. The van der Waals surface area contributed by atoms with E-state index >= 15 is 0 Å². The van der Waals surface area contributed by atoms with E-state index in [1.165, 1.54) is 18.4 Å². The van der Waals surface area contributed by atoms with Crippen LogP contribution in [0, 0.1) is 11.3 Å². The van der Waals surface area contributed by atoms with Gasteiger partial charge in [0.25, 0.3) is 5.91 Å². The maximum absolute atomic E-state index is 12.2. The monoisotopic (exact) mass is 545 g/mol. The highest BCUT2D eigenvalue weighted by Crippen LogP contribution is 2.31. The number of carbonyl (C=O) groups excluding carboxylic acids is 1. The molecular weight excluding hydrogens is 526 g/mol. The lowest BCUT2D eigenvalue weighted by molar-refractivity contribution is -0.118. The Labute approximate surface area is 215 Å². The van der Waals surface area contributed by atoms with Crippen molar-refractivity contribution in [2.75, 3.05) is 19.0 Å². The molecule has 3 aromatic carbocycles. The molecule has 0 aliphatic rings. The second-order valence-electron chi connectivity index (χ2n) is 7.33. The molecule has 4 aromatic rings. The van der Waals surface area contributed by atoms with Crippen molar-refractivity contribution >= 4 is 50.5 Å². The summed E-state index contributed by atoms with van der Waals surface area (Å²) in [6.07, 6.45) is 1.75. The third-order valence-electron chi connectivity index (χ3n) is 4.91. The molecule has 1 heterocycles. The predicted octanol–water partition coefficient (Wildman–Crippen LogP) is 6.66. The highest BCUT2D eigenvalue weighted by molar-refractivity contribution is 9.10. The molecule has 1 N–H and O–H groups in total. The lowest BCUT2D eigenvalue weighted by Gasteiger charge is -2.11. The summed E-state index contributed by atoms with van der Waals surface area (Å²) < 4.78 is 12.1. The van der Waals surface area contributed by atoms with Crippen molar-refractivity contribution in [3.05, 3.63) is 93.2 Å². The van der Waals surface area contributed by atoms with Crippen LogP contribution < -0.4 is 14.8 Å². The molecule has 8 heteroatoms. The molecule has 1 aromatic heterocycles. The van der Waals surface area contributed by atoms with Crippen LogP contribution in [-0.4, -0.2) is 24.6 Å². The fourth-order valence-corrected chi connectivity index (χ4v) is 4.27. The molecule has 0 bridgehead atoms. The van der Waals surface area contributed by atoms with Crippen LogP contribution in [0.15, 0.2) is 82.6 Å². The fourth-order valence-electron chi connectivity index (χ4n) is 3.21. The van der Waals surface area contributed by atoms with Gasteiger partial charge in [-0.25, -0.2) is 4.98 Å². The Morgan fingerprint density at radius 3 is 2.60 bits per heavy atom. The number of nitriles is 1. The van der Waals surface area contributed by atoms with E-state index in [0.29, 0.717) is 27.8 Å². The standard InChI is InChI=1S/C27H20BrN3O3S/c1-33-25-14-18(7-12-24(25)34-16-26(32)30-22-5-3-2-4-6-22)13-20(15-29)27-31-23(17-35-27)19-8-10-21(28)11-9-19/h2-14,17H,16H2,1H3,(H,30,32)/b20-13+.